The summed E-state index contributed by atoms with van der Waals surface area (Å²) in [6, 6.07) is 14.3. The van der Waals surface area contributed by atoms with Gasteiger partial charge in [-0.3, -0.25) is 0 Å². The van der Waals surface area contributed by atoms with Crippen LogP contribution >= 0.6 is 23.2 Å². The van der Waals surface area contributed by atoms with Gasteiger partial charge in [0.15, 0.2) is 0 Å². The van der Waals surface area contributed by atoms with Gasteiger partial charge in [-0.15, -0.1) is 0 Å². The molecule has 0 heterocycles. The lowest BCUT2D eigenvalue weighted by Crippen LogP contribution is -2.03. The van der Waals surface area contributed by atoms with Crippen molar-refractivity contribution >= 4 is 28.9 Å². The molecule has 2 aromatic rings. The van der Waals surface area contributed by atoms with E-state index in [1.807, 2.05) is 25.1 Å². The van der Waals surface area contributed by atoms with Gasteiger partial charge >= 0.3 is 0 Å². The van der Waals surface area contributed by atoms with E-state index in [0.29, 0.717) is 0 Å². The first-order chi connectivity index (χ1) is 9.16. The Morgan fingerprint density at radius 1 is 1.00 bits per heavy atom. The standard InChI is InChI=1S/C16H17Cl2N/c1-12-10-15(18)16(11-14(12)17)19-9-5-8-13-6-3-2-4-7-13/h2-4,6-7,10-11,19H,5,8-9H2,1H3. The maximum atomic E-state index is 6.18. The third-order valence-electron chi connectivity index (χ3n) is 3.05. The zero-order valence-corrected chi connectivity index (χ0v) is 12.4. The van der Waals surface area contributed by atoms with Crippen molar-refractivity contribution in [2.75, 3.05) is 11.9 Å². The molecule has 0 amide bonds. The molecular weight excluding hydrogens is 277 g/mol. The zero-order valence-electron chi connectivity index (χ0n) is 10.9. The maximum Gasteiger partial charge on any atom is 0.0641 e. The van der Waals surface area contributed by atoms with Crippen molar-refractivity contribution in [3.63, 3.8) is 0 Å². The average Bonchev–Trinajstić information content (AvgIpc) is 2.41. The summed E-state index contributed by atoms with van der Waals surface area (Å²) in [6.45, 7) is 2.83. The smallest absolute Gasteiger partial charge is 0.0641 e. The van der Waals surface area contributed by atoms with Crippen LogP contribution in [0.4, 0.5) is 5.69 Å². The average molecular weight is 294 g/mol. The van der Waals surface area contributed by atoms with Gasteiger partial charge in [-0.2, -0.15) is 0 Å². The highest BCUT2D eigenvalue weighted by molar-refractivity contribution is 6.35. The minimum absolute atomic E-state index is 0.724. The number of aryl methyl sites for hydroxylation is 2. The van der Waals surface area contributed by atoms with Crippen LogP contribution < -0.4 is 5.32 Å². The Morgan fingerprint density at radius 2 is 1.74 bits per heavy atom. The predicted molar refractivity (Wildman–Crippen MR) is 84.5 cm³/mol. The molecule has 0 aromatic heterocycles. The minimum atomic E-state index is 0.724. The third kappa shape index (κ3) is 4.15. The number of hydrogen-bond acceptors (Lipinski definition) is 1. The molecule has 19 heavy (non-hydrogen) atoms. The highest BCUT2D eigenvalue weighted by Crippen LogP contribution is 2.28. The van der Waals surface area contributed by atoms with E-state index < -0.39 is 0 Å². The molecule has 2 rings (SSSR count). The van der Waals surface area contributed by atoms with Crippen LogP contribution in [0.1, 0.15) is 17.5 Å². The second kappa shape index (κ2) is 6.83. The van der Waals surface area contributed by atoms with Gasteiger partial charge in [0.05, 0.1) is 10.7 Å². The van der Waals surface area contributed by atoms with Gasteiger partial charge < -0.3 is 5.32 Å². The number of benzene rings is 2. The Kier molecular flexibility index (Phi) is 5.12. The van der Waals surface area contributed by atoms with Crippen molar-refractivity contribution in [2.24, 2.45) is 0 Å². The van der Waals surface area contributed by atoms with Crippen molar-refractivity contribution in [3.8, 4) is 0 Å². The summed E-state index contributed by atoms with van der Waals surface area (Å²) in [5.74, 6) is 0. The molecule has 0 spiro atoms. The Bertz CT molecular complexity index is 538. The molecular formula is C16H17Cl2N. The first-order valence-corrected chi connectivity index (χ1v) is 7.16. The number of anilines is 1. The van der Waals surface area contributed by atoms with Crippen molar-refractivity contribution in [3.05, 3.63) is 63.6 Å². The van der Waals surface area contributed by atoms with Crippen molar-refractivity contribution in [1.29, 1.82) is 0 Å². The SMILES string of the molecule is Cc1cc(Cl)c(NCCCc2ccccc2)cc1Cl. The first-order valence-electron chi connectivity index (χ1n) is 6.40. The molecule has 2 aromatic carbocycles. The third-order valence-corrected chi connectivity index (χ3v) is 3.77. The summed E-state index contributed by atoms with van der Waals surface area (Å²) in [5, 5.41) is 4.80. The number of rotatable bonds is 5. The normalized spacial score (nSPS) is 10.5. The van der Waals surface area contributed by atoms with E-state index in [9.17, 15) is 0 Å². The van der Waals surface area contributed by atoms with Crippen LogP contribution in [0, 0.1) is 6.92 Å². The largest absolute Gasteiger partial charge is 0.384 e. The summed E-state index contributed by atoms with van der Waals surface area (Å²) >= 11 is 12.3. The number of hydrogen-bond donors (Lipinski definition) is 1. The summed E-state index contributed by atoms with van der Waals surface area (Å²) in [7, 11) is 0. The van der Waals surface area contributed by atoms with Crippen LogP contribution in [-0.4, -0.2) is 6.54 Å². The van der Waals surface area contributed by atoms with E-state index in [2.05, 4.69) is 29.6 Å². The molecule has 0 aliphatic carbocycles. The minimum Gasteiger partial charge on any atom is -0.384 e. The van der Waals surface area contributed by atoms with Gasteiger partial charge in [0, 0.05) is 11.6 Å². The lowest BCUT2D eigenvalue weighted by atomic mass is 10.1. The highest BCUT2D eigenvalue weighted by Gasteiger charge is 2.03. The molecule has 0 saturated carbocycles. The Morgan fingerprint density at radius 3 is 2.47 bits per heavy atom. The van der Waals surface area contributed by atoms with Crippen LogP contribution in [0.2, 0.25) is 10.0 Å². The van der Waals surface area contributed by atoms with Gasteiger partial charge in [0.2, 0.25) is 0 Å². The molecule has 0 atom stereocenters. The molecule has 1 N–H and O–H groups in total. The lowest BCUT2D eigenvalue weighted by Gasteiger charge is -2.10. The molecule has 0 saturated heterocycles. The van der Waals surface area contributed by atoms with Gasteiger partial charge in [-0.1, -0.05) is 53.5 Å². The number of nitrogens with one attached hydrogen (secondary N) is 1. The van der Waals surface area contributed by atoms with Crippen LogP contribution in [0.5, 0.6) is 0 Å². The molecule has 0 radical (unpaired) electrons. The van der Waals surface area contributed by atoms with Crippen LogP contribution in [-0.2, 0) is 6.42 Å². The first kappa shape index (κ1) is 14.2. The maximum absolute atomic E-state index is 6.18. The van der Waals surface area contributed by atoms with Gasteiger partial charge in [-0.25, -0.2) is 0 Å². The monoisotopic (exact) mass is 293 g/mol. The van der Waals surface area contributed by atoms with Crippen molar-refractivity contribution < 1.29 is 0 Å². The molecule has 100 valence electrons. The van der Waals surface area contributed by atoms with Gasteiger partial charge in [0.25, 0.3) is 0 Å². The Balaban J connectivity index is 1.85. The van der Waals surface area contributed by atoms with Crippen molar-refractivity contribution in [2.45, 2.75) is 19.8 Å². The van der Waals surface area contributed by atoms with E-state index in [1.54, 1.807) is 0 Å². The van der Waals surface area contributed by atoms with Crippen molar-refractivity contribution in [1.82, 2.24) is 0 Å². The highest BCUT2D eigenvalue weighted by atomic mass is 35.5. The van der Waals surface area contributed by atoms with E-state index in [1.165, 1.54) is 5.56 Å². The van der Waals surface area contributed by atoms with Crippen LogP contribution in [0.3, 0.4) is 0 Å². The summed E-state index contributed by atoms with van der Waals surface area (Å²) in [5.41, 5.74) is 3.27. The lowest BCUT2D eigenvalue weighted by molar-refractivity contribution is 0.863. The molecule has 0 fully saturated rings. The fourth-order valence-corrected chi connectivity index (χ4v) is 2.39. The van der Waals surface area contributed by atoms with Crippen LogP contribution in [0.25, 0.3) is 0 Å². The molecule has 0 aliphatic heterocycles. The Hall–Kier alpha value is -1.18. The van der Waals surface area contributed by atoms with Crippen LogP contribution in [0.15, 0.2) is 42.5 Å². The second-order valence-corrected chi connectivity index (χ2v) is 5.41. The topological polar surface area (TPSA) is 12.0 Å². The fourth-order valence-electron chi connectivity index (χ4n) is 1.94. The molecule has 1 nitrogen and oxygen atoms in total. The molecule has 0 aliphatic rings. The summed E-state index contributed by atoms with van der Waals surface area (Å²) in [6.07, 6.45) is 2.12. The second-order valence-electron chi connectivity index (χ2n) is 4.60. The molecule has 3 heteroatoms. The van der Waals surface area contributed by atoms with E-state index in [-0.39, 0.29) is 0 Å². The summed E-state index contributed by atoms with van der Waals surface area (Å²) in [4.78, 5) is 0. The predicted octanol–water partition coefficient (Wildman–Crippen LogP) is 5.35. The van der Waals surface area contributed by atoms with Gasteiger partial charge in [0.1, 0.15) is 0 Å². The van der Waals surface area contributed by atoms with E-state index in [4.69, 9.17) is 23.2 Å². The Labute approximate surface area is 124 Å². The van der Waals surface area contributed by atoms with E-state index >= 15 is 0 Å². The molecule has 0 unspecified atom stereocenters. The molecule has 0 bridgehead atoms. The van der Waals surface area contributed by atoms with E-state index in [0.717, 1.165) is 40.7 Å². The number of halogens is 2. The van der Waals surface area contributed by atoms with Gasteiger partial charge in [-0.05, 0) is 43.0 Å². The zero-order chi connectivity index (χ0) is 13.7. The quantitative estimate of drug-likeness (QED) is 0.733. The fraction of sp³-hybridized carbons (Fsp3) is 0.250. The summed E-state index contributed by atoms with van der Waals surface area (Å²) < 4.78 is 0.